The van der Waals surface area contributed by atoms with Gasteiger partial charge < -0.3 is 49.2 Å². The predicted octanol–water partition coefficient (Wildman–Crippen LogP) is 3.01. The molecule has 5 saturated carbocycles. The number of rotatable bonds is 4. The van der Waals surface area contributed by atoms with E-state index >= 15 is 0 Å². The Morgan fingerprint density at radius 2 is 1.52 bits per heavy atom. The SMILES string of the molecule is CC(=O)O[C@@]1([C@H]2OC2(C)C)C[C@@H](C)[C@H]2[C@](O)(O1)[C@H](O)[C@@]1(C)[C@@H]3CC[C@H]4C(C)(C)[C@@H](O[C@@H]5OC[C@@H](O)[C@H](O)[C@H]5O)CC[C@@]45C[C@@]35CC[C@]21C. The van der Waals surface area contributed by atoms with Crippen molar-refractivity contribution in [3.63, 3.8) is 0 Å². The van der Waals surface area contributed by atoms with Crippen LogP contribution in [0.25, 0.3) is 0 Å². The van der Waals surface area contributed by atoms with Gasteiger partial charge in [-0.05, 0) is 98.2 Å². The molecule has 8 aliphatic rings. The highest BCUT2D eigenvalue weighted by atomic mass is 16.8. The summed E-state index contributed by atoms with van der Waals surface area (Å²) >= 11 is 0. The molecule has 0 unspecified atom stereocenters. The summed E-state index contributed by atoms with van der Waals surface area (Å²) in [7, 11) is 0. The van der Waals surface area contributed by atoms with Gasteiger partial charge >= 0.3 is 5.97 Å². The Balaban J connectivity index is 1.09. The second-order valence-corrected chi connectivity index (χ2v) is 19.0. The van der Waals surface area contributed by atoms with Crippen LogP contribution in [0.15, 0.2) is 0 Å². The minimum Gasteiger partial charge on any atom is -0.430 e. The molecule has 0 amide bonds. The minimum absolute atomic E-state index is 0.0240. The Bertz CT molecular complexity index is 1370. The molecule has 48 heavy (non-hydrogen) atoms. The minimum atomic E-state index is -1.91. The highest BCUT2D eigenvalue weighted by molar-refractivity contribution is 5.66. The highest BCUT2D eigenvalue weighted by Crippen LogP contribution is 2.90. The van der Waals surface area contributed by atoms with Gasteiger partial charge in [0, 0.05) is 24.7 Å². The van der Waals surface area contributed by atoms with Crippen molar-refractivity contribution < 1.29 is 54.0 Å². The Hall–Kier alpha value is -0.890. The smallest absolute Gasteiger partial charge is 0.305 e. The molecule has 8 rings (SSSR count). The first kappa shape index (κ1) is 34.2. The molecular formula is C37H58O11. The fourth-order valence-electron chi connectivity index (χ4n) is 14.3. The molecule has 17 atom stereocenters. The van der Waals surface area contributed by atoms with Crippen LogP contribution < -0.4 is 0 Å². The van der Waals surface area contributed by atoms with Crippen molar-refractivity contribution in [3.05, 3.63) is 0 Å². The van der Waals surface area contributed by atoms with Crippen molar-refractivity contribution in [2.45, 2.75) is 167 Å². The standard InChI is InChI=1S/C37H58O11/c1-18-15-36(46-19(2)38,29-31(5,6)47-29)48-37(43)26(18)32(7)13-14-35-17-34(35)12-11-23(45-27-25(41)24(40)20(39)16-44-27)30(3,4)21(34)9-10-22(35)33(32,8)28(37)42/h18,20-29,39-43H,9-17H2,1-8H3/t18-,20-,21+,22+,23+,24+,25-,26-,27+,28-,29+,32-,33-,34-,35+,36+,37+/m1/s1. The number of carbonyl (C=O) groups is 1. The van der Waals surface area contributed by atoms with Crippen molar-refractivity contribution >= 4 is 5.97 Å². The van der Waals surface area contributed by atoms with Crippen LogP contribution in [-0.2, 0) is 28.5 Å². The molecule has 3 saturated heterocycles. The average Bonchev–Trinajstić information content (AvgIpc) is 3.84. The Labute approximate surface area is 284 Å². The van der Waals surface area contributed by atoms with Gasteiger partial charge in [-0.1, -0.05) is 34.6 Å². The van der Waals surface area contributed by atoms with Crippen molar-refractivity contribution in [2.24, 2.45) is 50.7 Å². The van der Waals surface area contributed by atoms with Crippen LogP contribution in [0.3, 0.4) is 0 Å². The fraction of sp³-hybridized carbons (Fsp3) is 0.973. The van der Waals surface area contributed by atoms with E-state index in [1.807, 2.05) is 13.8 Å². The van der Waals surface area contributed by atoms with E-state index in [4.69, 9.17) is 23.7 Å². The summed E-state index contributed by atoms with van der Waals surface area (Å²) in [5.41, 5.74) is -1.77. The van der Waals surface area contributed by atoms with Gasteiger partial charge in [-0.3, -0.25) is 4.79 Å². The predicted molar refractivity (Wildman–Crippen MR) is 170 cm³/mol. The number of esters is 1. The number of hydrogen-bond acceptors (Lipinski definition) is 11. The van der Waals surface area contributed by atoms with Crippen molar-refractivity contribution in [1.29, 1.82) is 0 Å². The van der Waals surface area contributed by atoms with Crippen molar-refractivity contribution in [2.75, 3.05) is 6.61 Å². The van der Waals surface area contributed by atoms with Gasteiger partial charge in [0.15, 0.2) is 12.4 Å². The maximum absolute atomic E-state index is 12.8. The van der Waals surface area contributed by atoms with Crippen LogP contribution in [0.1, 0.15) is 107 Å². The Morgan fingerprint density at radius 3 is 2.17 bits per heavy atom. The number of aliphatic hydroxyl groups is 5. The number of fused-ring (bicyclic) bond motifs is 4. The zero-order valence-electron chi connectivity index (χ0n) is 29.9. The van der Waals surface area contributed by atoms with Crippen LogP contribution in [-0.4, -0.2) is 98.2 Å². The summed E-state index contributed by atoms with van der Waals surface area (Å²) in [6, 6.07) is 0. The van der Waals surface area contributed by atoms with Gasteiger partial charge in [0.2, 0.25) is 11.6 Å². The fourth-order valence-corrected chi connectivity index (χ4v) is 14.3. The molecule has 11 nitrogen and oxygen atoms in total. The quantitative estimate of drug-likeness (QED) is 0.169. The zero-order chi connectivity index (χ0) is 34.8. The molecule has 5 N–H and O–H groups in total. The molecule has 5 aliphatic carbocycles. The zero-order valence-corrected chi connectivity index (χ0v) is 29.9. The summed E-state index contributed by atoms with van der Waals surface area (Å²) in [6.45, 7) is 16.2. The van der Waals surface area contributed by atoms with Gasteiger partial charge in [0.25, 0.3) is 0 Å². The van der Waals surface area contributed by atoms with Gasteiger partial charge in [0.05, 0.1) is 18.3 Å². The summed E-state index contributed by atoms with van der Waals surface area (Å²) in [5.74, 6) is -3.82. The van der Waals surface area contributed by atoms with Gasteiger partial charge in [0.1, 0.15) is 24.4 Å². The van der Waals surface area contributed by atoms with Crippen LogP contribution in [0.2, 0.25) is 0 Å². The van der Waals surface area contributed by atoms with Crippen LogP contribution in [0, 0.1) is 50.7 Å². The monoisotopic (exact) mass is 678 g/mol. The topological polar surface area (TPSA) is 168 Å². The van der Waals surface area contributed by atoms with Gasteiger partial charge in [-0.15, -0.1) is 0 Å². The van der Waals surface area contributed by atoms with Crippen LogP contribution in [0.5, 0.6) is 0 Å². The van der Waals surface area contributed by atoms with E-state index in [2.05, 4.69) is 34.6 Å². The van der Waals surface area contributed by atoms with E-state index in [1.165, 1.54) is 6.92 Å². The number of aliphatic hydroxyl groups excluding tert-OH is 4. The largest absolute Gasteiger partial charge is 0.430 e. The van der Waals surface area contributed by atoms with Gasteiger partial charge in [-0.2, -0.15) is 0 Å². The highest BCUT2D eigenvalue weighted by Gasteiger charge is 2.88. The molecule has 0 aromatic carbocycles. The third-order valence-electron chi connectivity index (χ3n) is 16.3. The van der Waals surface area contributed by atoms with Crippen molar-refractivity contribution in [3.8, 4) is 0 Å². The number of carbonyl (C=O) groups excluding carboxylic acids is 1. The summed E-state index contributed by atoms with van der Waals surface area (Å²) in [5, 5.41) is 56.2. The molecule has 8 fully saturated rings. The lowest BCUT2D eigenvalue weighted by atomic mass is 9.41. The van der Waals surface area contributed by atoms with Crippen LogP contribution >= 0.6 is 0 Å². The average molecular weight is 679 g/mol. The number of ether oxygens (including phenoxy) is 5. The molecular weight excluding hydrogens is 620 g/mol. The first-order chi connectivity index (χ1) is 22.2. The first-order valence-electron chi connectivity index (χ1n) is 18.5. The lowest BCUT2D eigenvalue weighted by Crippen LogP contribution is -2.64. The third kappa shape index (κ3) is 3.95. The normalized spacial score (nSPS) is 60.4. The molecule has 0 aromatic rings. The third-order valence-corrected chi connectivity index (χ3v) is 16.3. The maximum Gasteiger partial charge on any atom is 0.305 e. The molecule has 272 valence electrons. The molecule has 11 heteroatoms. The lowest BCUT2D eigenvalue weighted by molar-refractivity contribution is -0.406. The van der Waals surface area contributed by atoms with Gasteiger partial charge in [-0.25, -0.2) is 0 Å². The van der Waals surface area contributed by atoms with E-state index in [1.54, 1.807) is 0 Å². The first-order valence-corrected chi connectivity index (χ1v) is 18.5. The van der Waals surface area contributed by atoms with Crippen molar-refractivity contribution in [1.82, 2.24) is 0 Å². The second-order valence-electron chi connectivity index (χ2n) is 19.0. The van der Waals surface area contributed by atoms with E-state index in [9.17, 15) is 30.3 Å². The summed E-state index contributed by atoms with van der Waals surface area (Å²) < 4.78 is 30.7. The summed E-state index contributed by atoms with van der Waals surface area (Å²) in [4.78, 5) is 12.5. The number of hydrogen-bond donors (Lipinski definition) is 5. The van der Waals surface area contributed by atoms with Crippen LogP contribution in [0.4, 0.5) is 0 Å². The Kier molecular flexibility index (Phi) is 7.09. The Morgan fingerprint density at radius 1 is 0.875 bits per heavy atom. The van der Waals surface area contributed by atoms with E-state index in [0.717, 1.165) is 44.9 Å². The molecule has 0 aromatic heterocycles. The number of epoxide rings is 1. The van der Waals surface area contributed by atoms with E-state index in [-0.39, 0.29) is 46.7 Å². The molecule has 0 radical (unpaired) electrons. The summed E-state index contributed by atoms with van der Waals surface area (Å²) in [6.07, 6.45) is 0.276. The van der Waals surface area contributed by atoms with E-state index < -0.39 is 70.8 Å². The maximum atomic E-state index is 12.8. The second kappa shape index (κ2) is 9.95. The lowest BCUT2D eigenvalue weighted by Gasteiger charge is -2.63. The molecule has 3 aliphatic heterocycles. The molecule has 3 heterocycles. The molecule has 2 spiro atoms. The molecule has 0 bridgehead atoms. The van der Waals surface area contributed by atoms with E-state index in [0.29, 0.717) is 12.3 Å².